The summed E-state index contributed by atoms with van der Waals surface area (Å²) in [6.07, 6.45) is 2.05. The largest absolute Gasteiger partial charge is 0.380 e. The van der Waals surface area contributed by atoms with Crippen molar-refractivity contribution in [3.63, 3.8) is 0 Å². The molecule has 0 fully saturated rings. The van der Waals surface area contributed by atoms with Gasteiger partial charge in [0, 0.05) is 45.9 Å². The minimum Gasteiger partial charge on any atom is -0.380 e. The van der Waals surface area contributed by atoms with E-state index < -0.39 is 0 Å². The summed E-state index contributed by atoms with van der Waals surface area (Å²) in [7, 11) is 4.09. The molecule has 0 aliphatic heterocycles. The first kappa shape index (κ1) is 14.5. The molecule has 0 aliphatic rings. The Hall–Kier alpha value is 1.02. The number of hydrogen-bond acceptors (Lipinski definition) is 2. The molecule has 0 bridgehead atoms. The van der Waals surface area contributed by atoms with E-state index in [1.54, 1.807) is 0 Å². The molecule has 0 atom stereocenters. The van der Waals surface area contributed by atoms with Gasteiger partial charge in [0.15, 0.2) is 0 Å². The SMILES string of the molecule is [CH2-]CCCOCCN(C)C.[Y]. The van der Waals surface area contributed by atoms with Gasteiger partial charge in [-0.05, 0) is 14.1 Å². The molecule has 2 nitrogen and oxygen atoms in total. The van der Waals surface area contributed by atoms with Crippen molar-refractivity contribution in [2.45, 2.75) is 12.8 Å². The minimum absolute atomic E-state index is 0. The molecule has 0 saturated carbocycles. The number of nitrogens with zero attached hydrogens (tertiary/aromatic N) is 1. The molecule has 65 valence electrons. The molecular weight excluding hydrogens is 215 g/mol. The van der Waals surface area contributed by atoms with E-state index >= 15 is 0 Å². The zero-order chi connectivity index (χ0) is 7.82. The number of ether oxygens (including phenoxy) is 1. The van der Waals surface area contributed by atoms with Gasteiger partial charge in [-0.3, -0.25) is 0 Å². The molecule has 1 radical (unpaired) electrons. The summed E-state index contributed by atoms with van der Waals surface area (Å²) in [4.78, 5) is 2.12. The summed E-state index contributed by atoms with van der Waals surface area (Å²) >= 11 is 0. The second-order valence-electron chi connectivity index (χ2n) is 2.62. The molecule has 0 unspecified atom stereocenters. The van der Waals surface area contributed by atoms with Gasteiger partial charge >= 0.3 is 0 Å². The number of rotatable bonds is 6. The van der Waals surface area contributed by atoms with Crippen molar-refractivity contribution in [1.29, 1.82) is 0 Å². The summed E-state index contributed by atoms with van der Waals surface area (Å²) in [5, 5.41) is 0. The third-order valence-corrected chi connectivity index (χ3v) is 1.22. The van der Waals surface area contributed by atoms with Crippen LogP contribution < -0.4 is 0 Å². The maximum atomic E-state index is 5.30. The predicted octanol–water partition coefficient (Wildman–Crippen LogP) is 1.18. The van der Waals surface area contributed by atoms with E-state index in [-0.39, 0.29) is 32.7 Å². The summed E-state index contributed by atoms with van der Waals surface area (Å²) < 4.78 is 5.30. The van der Waals surface area contributed by atoms with Crippen LogP contribution in [0.15, 0.2) is 0 Å². The number of unbranched alkanes of at least 4 members (excludes halogenated alkanes) is 1. The monoisotopic (exact) mass is 233 g/mol. The van der Waals surface area contributed by atoms with E-state index in [2.05, 4.69) is 11.8 Å². The van der Waals surface area contributed by atoms with Gasteiger partial charge in [-0.15, -0.1) is 0 Å². The first-order valence-corrected chi connectivity index (χ1v) is 3.79. The molecule has 0 rings (SSSR count). The van der Waals surface area contributed by atoms with Crippen LogP contribution in [0.3, 0.4) is 0 Å². The van der Waals surface area contributed by atoms with Gasteiger partial charge in [0.1, 0.15) is 0 Å². The molecule has 0 spiro atoms. The maximum Gasteiger partial charge on any atom is 0.0593 e. The van der Waals surface area contributed by atoms with Crippen molar-refractivity contribution in [1.82, 2.24) is 4.90 Å². The van der Waals surface area contributed by atoms with E-state index in [1.165, 1.54) is 0 Å². The van der Waals surface area contributed by atoms with Gasteiger partial charge in [0.05, 0.1) is 6.61 Å². The molecule has 0 aliphatic carbocycles. The van der Waals surface area contributed by atoms with E-state index in [4.69, 9.17) is 4.74 Å². The molecule has 11 heavy (non-hydrogen) atoms. The molecule has 0 aromatic carbocycles. The molecular formula is C8H18NOY-. The molecule has 0 saturated heterocycles. The van der Waals surface area contributed by atoms with Gasteiger partial charge < -0.3 is 16.6 Å². The number of hydrogen-bond donors (Lipinski definition) is 0. The normalized spacial score (nSPS) is 9.82. The van der Waals surface area contributed by atoms with Crippen LogP contribution in [0, 0.1) is 6.92 Å². The fraction of sp³-hybridized carbons (Fsp3) is 0.875. The summed E-state index contributed by atoms with van der Waals surface area (Å²) in [5.74, 6) is 0. The zero-order valence-electron chi connectivity index (χ0n) is 7.68. The summed E-state index contributed by atoms with van der Waals surface area (Å²) in [6.45, 7) is 6.44. The first-order chi connectivity index (χ1) is 4.77. The average Bonchev–Trinajstić information content (AvgIpc) is 1.87. The quantitative estimate of drug-likeness (QED) is 0.504. The Morgan fingerprint density at radius 1 is 1.27 bits per heavy atom. The standard InChI is InChI=1S/C8H18NO.Y/c1-4-5-7-10-8-6-9(2)3;/h1,4-8H2,2-3H3;/q-1;. The van der Waals surface area contributed by atoms with Crippen molar-refractivity contribution in [2.24, 2.45) is 0 Å². The van der Waals surface area contributed by atoms with Crippen LogP contribution in [0.25, 0.3) is 0 Å². The molecule has 3 heteroatoms. The predicted molar refractivity (Wildman–Crippen MR) is 44.0 cm³/mol. The van der Waals surface area contributed by atoms with Crippen molar-refractivity contribution in [3.05, 3.63) is 6.92 Å². The summed E-state index contributed by atoms with van der Waals surface area (Å²) in [5.41, 5.74) is 0. The van der Waals surface area contributed by atoms with E-state index in [0.29, 0.717) is 0 Å². The molecule has 0 N–H and O–H groups in total. The Bertz CT molecular complexity index is 69.1. The molecule has 0 amide bonds. The molecule has 0 heterocycles. The van der Waals surface area contributed by atoms with E-state index in [9.17, 15) is 0 Å². The Balaban J connectivity index is 0. The fourth-order valence-electron chi connectivity index (χ4n) is 0.553. The average molecular weight is 233 g/mol. The van der Waals surface area contributed by atoms with Crippen LogP contribution >= 0.6 is 0 Å². The zero-order valence-corrected chi connectivity index (χ0v) is 10.5. The van der Waals surface area contributed by atoms with E-state index in [1.807, 2.05) is 14.1 Å². The van der Waals surface area contributed by atoms with Crippen LogP contribution in [0.4, 0.5) is 0 Å². The van der Waals surface area contributed by atoms with Crippen molar-refractivity contribution >= 4 is 0 Å². The molecule has 0 aromatic rings. The van der Waals surface area contributed by atoms with Gasteiger partial charge in [-0.25, -0.2) is 0 Å². The Labute approximate surface area is 95.6 Å². The van der Waals surface area contributed by atoms with Crippen LogP contribution in [-0.2, 0) is 37.4 Å². The minimum atomic E-state index is 0. The maximum absolute atomic E-state index is 5.30. The second kappa shape index (κ2) is 11.0. The topological polar surface area (TPSA) is 12.5 Å². The van der Waals surface area contributed by atoms with Gasteiger partial charge in [0.25, 0.3) is 0 Å². The smallest absolute Gasteiger partial charge is 0.0593 e. The third-order valence-electron chi connectivity index (χ3n) is 1.22. The summed E-state index contributed by atoms with van der Waals surface area (Å²) in [6, 6.07) is 0. The molecule has 0 aromatic heterocycles. The van der Waals surface area contributed by atoms with E-state index in [0.717, 1.165) is 32.6 Å². The van der Waals surface area contributed by atoms with Gasteiger partial charge in [-0.1, -0.05) is 6.42 Å². The van der Waals surface area contributed by atoms with Crippen molar-refractivity contribution < 1.29 is 37.4 Å². The third kappa shape index (κ3) is 13.9. The van der Waals surface area contributed by atoms with Gasteiger partial charge in [0.2, 0.25) is 0 Å². The second-order valence-corrected chi connectivity index (χ2v) is 2.62. The van der Waals surface area contributed by atoms with Crippen molar-refractivity contribution in [2.75, 3.05) is 33.9 Å². The van der Waals surface area contributed by atoms with Crippen molar-refractivity contribution in [3.8, 4) is 0 Å². The Morgan fingerprint density at radius 3 is 2.36 bits per heavy atom. The van der Waals surface area contributed by atoms with Gasteiger partial charge in [-0.2, -0.15) is 6.42 Å². The Morgan fingerprint density at radius 2 is 1.91 bits per heavy atom. The van der Waals surface area contributed by atoms with Crippen LogP contribution in [0.2, 0.25) is 0 Å². The first-order valence-electron chi connectivity index (χ1n) is 3.79. The van der Waals surface area contributed by atoms with Crippen LogP contribution in [0.1, 0.15) is 12.8 Å². The van der Waals surface area contributed by atoms with Crippen LogP contribution in [0.5, 0.6) is 0 Å². The fourth-order valence-corrected chi connectivity index (χ4v) is 0.553. The number of likely N-dealkylation sites (N-methyl/N-ethyl adjacent to an activating group) is 1. The Kier molecular flexibility index (Phi) is 14.6. The van der Waals surface area contributed by atoms with Crippen LogP contribution in [-0.4, -0.2) is 38.8 Å².